The molecule has 0 aliphatic carbocycles. The number of nitrogens with one attached hydrogen (secondary N) is 1. The molecule has 0 radical (unpaired) electrons. The molecular formula is C12H22N2O. The molecule has 3 nitrogen and oxygen atoms in total. The molecule has 1 amide bonds. The van der Waals surface area contributed by atoms with Crippen LogP contribution in [0.4, 0.5) is 0 Å². The first-order chi connectivity index (χ1) is 6.94. The van der Waals surface area contributed by atoms with Crippen molar-refractivity contribution in [3.63, 3.8) is 0 Å². The van der Waals surface area contributed by atoms with Gasteiger partial charge < -0.3 is 5.32 Å². The topological polar surface area (TPSA) is 32.3 Å². The van der Waals surface area contributed by atoms with E-state index in [0.717, 1.165) is 38.9 Å². The van der Waals surface area contributed by atoms with Gasteiger partial charge in [-0.3, -0.25) is 9.69 Å². The van der Waals surface area contributed by atoms with Crippen molar-refractivity contribution in [3.05, 3.63) is 0 Å². The molecule has 0 unspecified atom stereocenters. The van der Waals surface area contributed by atoms with E-state index >= 15 is 0 Å². The molecule has 1 N–H and O–H groups in total. The fourth-order valence-electron chi connectivity index (χ4n) is 2.81. The summed E-state index contributed by atoms with van der Waals surface area (Å²) in [5.74, 6) is 0.288. The predicted molar refractivity (Wildman–Crippen MR) is 60.6 cm³/mol. The molecule has 3 heteroatoms. The number of rotatable bonds is 0. The van der Waals surface area contributed by atoms with Crippen LogP contribution in [0.15, 0.2) is 0 Å². The molecule has 2 rings (SSSR count). The summed E-state index contributed by atoms with van der Waals surface area (Å²) in [4.78, 5) is 14.3. The lowest BCUT2D eigenvalue weighted by Crippen LogP contribution is -2.53. The zero-order valence-electron chi connectivity index (χ0n) is 10.1. The van der Waals surface area contributed by atoms with Crippen molar-refractivity contribution >= 4 is 5.91 Å². The van der Waals surface area contributed by atoms with Gasteiger partial charge in [-0.1, -0.05) is 0 Å². The highest BCUT2D eigenvalue weighted by molar-refractivity contribution is 5.85. The number of nitrogens with zero attached hydrogens (tertiary/aromatic N) is 1. The Bertz CT molecular complexity index is 269. The first kappa shape index (κ1) is 10.9. The molecule has 2 aliphatic rings. The van der Waals surface area contributed by atoms with Gasteiger partial charge in [-0.05, 0) is 46.6 Å². The fourth-order valence-corrected chi connectivity index (χ4v) is 2.81. The molecule has 1 atom stereocenters. The Morgan fingerprint density at radius 3 is 2.60 bits per heavy atom. The van der Waals surface area contributed by atoms with E-state index in [4.69, 9.17) is 0 Å². The van der Waals surface area contributed by atoms with Crippen molar-refractivity contribution in [2.24, 2.45) is 5.41 Å². The smallest absolute Gasteiger partial charge is 0.227 e. The van der Waals surface area contributed by atoms with Crippen LogP contribution in [-0.4, -0.2) is 36.0 Å². The van der Waals surface area contributed by atoms with Crippen molar-refractivity contribution in [2.75, 3.05) is 19.6 Å². The first-order valence-electron chi connectivity index (χ1n) is 5.97. The van der Waals surface area contributed by atoms with Crippen LogP contribution in [0.2, 0.25) is 0 Å². The van der Waals surface area contributed by atoms with Crippen molar-refractivity contribution in [1.82, 2.24) is 10.2 Å². The van der Waals surface area contributed by atoms with Crippen LogP contribution in [0.5, 0.6) is 0 Å². The lowest BCUT2D eigenvalue weighted by atomic mass is 9.77. The summed E-state index contributed by atoms with van der Waals surface area (Å²) in [5, 5.41) is 2.99. The third-order valence-corrected chi connectivity index (χ3v) is 3.90. The average molecular weight is 210 g/mol. The SMILES string of the molecule is CC(C)(C)N1CCC[C@@]2(CCNC2=O)C1. The molecule has 86 valence electrons. The molecule has 0 aromatic carbocycles. The summed E-state index contributed by atoms with van der Waals surface area (Å²) < 4.78 is 0. The van der Waals surface area contributed by atoms with Crippen LogP contribution in [0.25, 0.3) is 0 Å². The number of hydrogen-bond donors (Lipinski definition) is 1. The quantitative estimate of drug-likeness (QED) is 0.655. The first-order valence-corrected chi connectivity index (χ1v) is 5.97. The maximum Gasteiger partial charge on any atom is 0.227 e. The number of carbonyl (C=O) groups is 1. The number of likely N-dealkylation sites (tertiary alicyclic amines) is 1. The minimum Gasteiger partial charge on any atom is -0.356 e. The highest BCUT2D eigenvalue weighted by Crippen LogP contribution is 2.38. The van der Waals surface area contributed by atoms with E-state index in [-0.39, 0.29) is 16.9 Å². The predicted octanol–water partition coefficient (Wildman–Crippen LogP) is 1.39. The molecule has 2 aliphatic heterocycles. The van der Waals surface area contributed by atoms with Crippen LogP contribution in [0.1, 0.15) is 40.0 Å². The van der Waals surface area contributed by atoms with Crippen LogP contribution in [0.3, 0.4) is 0 Å². The number of carbonyl (C=O) groups excluding carboxylic acids is 1. The van der Waals surface area contributed by atoms with E-state index in [1.807, 2.05) is 0 Å². The summed E-state index contributed by atoms with van der Waals surface area (Å²) >= 11 is 0. The molecule has 0 saturated carbocycles. The Kier molecular flexibility index (Phi) is 2.53. The van der Waals surface area contributed by atoms with Gasteiger partial charge >= 0.3 is 0 Å². The monoisotopic (exact) mass is 210 g/mol. The van der Waals surface area contributed by atoms with Gasteiger partial charge in [-0.2, -0.15) is 0 Å². The van der Waals surface area contributed by atoms with Gasteiger partial charge in [0.05, 0.1) is 5.41 Å². The molecule has 2 saturated heterocycles. The third kappa shape index (κ3) is 1.89. The number of piperidine rings is 1. The standard InChI is InChI=1S/C12H22N2O/c1-11(2,3)14-8-4-5-12(9-14)6-7-13-10(12)15/h4-9H2,1-3H3,(H,13,15)/t12-/m1/s1. The second-order valence-corrected chi connectivity index (χ2v) is 5.98. The summed E-state index contributed by atoms with van der Waals surface area (Å²) in [6, 6.07) is 0. The van der Waals surface area contributed by atoms with Gasteiger partial charge in [0.15, 0.2) is 0 Å². The van der Waals surface area contributed by atoms with E-state index in [1.165, 1.54) is 0 Å². The van der Waals surface area contributed by atoms with Crippen molar-refractivity contribution in [2.45, 2.75) is 45.6 Å². The van der Waals surface area contributed by atoms with E-state index in [0.29, 0.717) is 0 Å². The highest BCUT2D eigenvalue weighted by Gasteiger charge is 2.46. The summed E-state index contributed by atoms with van der Waals surface area (Å²) in [5.41, 5.74) is 0.127. The Morgan fingerprint density at radius 1 is 1.33 bits per heavy atom. The van der Waals surface area contributed by atoms with Gasteiger partial charge in [-0.15, -0.1) is 0 Å². The minimum absolute atomic E-state index is 0.0640. The lowest BCUT2D eigenvalue weighted by Gasteiger charge is -2.45. The summed E-state index contributed by atoms with van der Waals surface area (Å²) in [6.07, 6.45) is 3.26. The Balaban J connectivity index is 2.13. The lowest BCUT2D eigenvalue weighted by molar-refractivity contribution is -0.131. The molecular weight excluding hydrogens is 188 g/mol. The molecule has 1 spiro atoms. The largest absolute Gasteiger partial charge is 0.356 e. The van der Waals surface area contributed by atoms with Gasteiger partial charge in [0.25, 0.3) is 0 Å². The van der Waals surface area contributed by atoms with Gasteiger partial charge in [0.2, 0.25) is 5.91 Å². The highest BCUT2D eigenvalue weighted by atomic mass is 16.2. The van der Waals surface area contributed by atoms with E-state index in [9.17, 15) is 4.79 Å². The molecule has 15 heavy (non-hydrogen) atoms. The van der Waals surface area contributed by atoms with Gasteiger partial charge in [0.1, 0.15) is 0 Å². The van der Waals surface area contributed by atoms with Crippen molar-refractivity contribution < 1.29 is 4.79 Å². The second-order valence-electron chi connectivity index (χ2n) is 5.98. The van der Waals surface area contributed by atoms with E-state index in [2.05, 4.69) is 31.0 Å². The van der Waals surface area contributed by atoms with Crippen LogP contribution in [0, 0.1) is 5.41 Å². The Morgan fingerprint density at radius 2 is 2.07 bits per heavy atom. The maximum absolute atomic E-state index is 11.9. The summed E-state index contributed by atoms with van der Waals surface area (Å²) in [6.45, 7) is 9.66. The Hall–Kier alpha value is -0.570. The molecule has 0 aromatic rings. The zero-order valence-corrected chi connectivity index (χ0v) is 10.1. The zero-order chi connectivity index (χ0) is 11.1. The Labute approximate surface area is 92.2 Å². The summed E-state index contributed by atoms with van der Waals surface area (Å²) in [7, 11) is 0. The maximum atomic E-state index is 11.9. The fraction of sp³-hybridized carbons (Fsp3) is 0.917. The number of amides is 1. The molecule has 0 aromatic heterocycles. The molecule has 2 heterocycles. The third-order valence-electron chi connectivity index (χ3n) is 3.90. The van der Waals surface area contributed by atoms with Crippen molar-refractivity contribution in [3.8, 4) is 0 Å². The van der Waals surface area contributed by atoms with E-state index in [1.54, 1.807) is 0 Å². The number of hydrogen-bond acceptors (Lipinski definition) is 2. The average Bonchev–Trinajstić information content (AvgIpc) is 2.47. The van der Waals surface area contributed by atoms with Crippen LogP contribution in [-0.2, 0) is 4.79 Å². The van der Waals surface area contributed by atoms with Gasteiger partial charge in [-0.25, -0.2) is 0 Å². The van der Waals surface area contributed by atoms with Crippen LogP contribution < -0.4 is 5.32 Å². The van der Waals surface area contributed by atoms with Gasteiger partial charge in [0, 0.05) is 18.6 Å². The van der Waals surface area contributed by atoms with Crippen LogP contribution >= 0.6 is 0 Å². The van der Waals surface area contributed by atoms with Crippen molar-refractivity contribution in [1.29, 1.82) is 0 Å². The molecule has 2 fully saturated rings. The normalized spacial score (nSPS) is 33.4. The second kappa shape index (κ2) is 3.48. The van der Waals surface area contributed by atoms with E-state index < -0.39 is 0 Å². The minimum atomic E-state index is -0.0640. The molecule has 0 bridgehead atoms.